The van der Waals surface area contributed by atoms with Gasteiger partial charge in [0.15, 0.2) is 0 Å². The molecule has 1 aromatic heterocycles. The number of halogens is 1. The summed E-state index contributed by atoms with van der Waals surface area (Å²) < 4.78 is 54.8. The van der Waals surface area contributed by atoms with Gasteiger partial charge in [-0.25, -0.2) is 31.5 Å². The van der Waals surface area contributed by atoms with E-state index in [-0.39, 0.29) is 32.0 Å². The van der Waals surface area contributed by atoms with E-state index in [1.54, 1.807) is 24.3 Å². The molecule has 0 aliphatic rings. The van der Waals surface area contributed by atoms with Crippen molar-refractivity contribution in [3.63, 3.8) is 0 Å². The highest BCUT2D eigenvalue weighted by molar-refractivity contribution is 7.93. The molecule has 0 fully saturated rings. The molecule has 10 nitrogen and oxygen atoms in total. The third-order valence-electron chi connectivity index (χ3n) is 4.73. The Morgan fingerprint density at radius 2 is 1.28 bits per heavy atom. The Hall–Kier alpha value is -4.00. The summed E-state index contributed by atoms with van der Waals surface area (Å²) in [6.07, 6.45) is 2.80. The van der Waals surface area contributed by atoms with Crippen LogP contribution in [0.5, 0.6) is 0 Å². The number of benzene rings is 3. The van der Waals surface area contributed by atoms with E-state index in [0.29, 0.717) is 5.69 Å². The first-order valence-electron chi connectivity index (χ1n) is 10.2. The number of nitrogens with zero attached hydrogens (tertiary/aromatic N) is 2. The average molecular weight is 544 g/mol. The van der Waals surface area contributed by atoms with Crippen LogP contribution in [-0.4, -0.2) is 32.7 Å². The summed E-state index contributed by atoms with van der Waals surface area (Å²) in [5.74, 6) is -0.695. The number of anilines is 3. The summed E-state index contributed by atoms with van der Waals surface area (Å²) in [6, 6.07) is 18.8. The highest BCUT2D eigenvalue weighted by Crippen LogP contribution is 2.24. The number of aromatic nitrogens is 2. The SMILES string of the molecule is O=C(Nc1ccc(S(=O)(=O)Nc2ncccn2)cc1)c1cc(NS(=O)(=O)c2ccccc2)ccc1Cl. The van der Waals surface area contributed by atoms with Crippen molar-refractivity contribution < 1.29 is 21.6 Å². The van der Waals surface area contributed by atoms with E-state index in [1.807, 2.05) is 0 Å². The van der Waals surface area contributed by atoms with Crippen LogP contribution in [0.25, 0.3) is 0 Å². The second-order valence-corrected chi connectivity index (χ2v) is 11.0. The fourth-order valence-electron chi connectivity index (χ4n) is 3.02. The molecule has 0 atom stereocenters. The molecule has 0 saturated heterocycles. The van der Waals surface area contributed by atoms with Crippen LogP contribution in [0.2, 0.25) is 5.02 Å². The third kappa shape index (κ3) is 5.97. The van der Waals surface area contributed by atoms with Gasteiger partial charge >= 0.3 is 0 Å². The van der Waals surface area contributed by atoms with E-state index in [9.17, 15) is 21.6 Å². The predicted molar refractivity (Wildman–Crippen MR) is 136 cm³/mol. The van der Waals surface area contributed by atoms with Crippen molar-refractivity contribution in [2.45, 2.75) is 9.79 Å². The maximum Gasteiger partial charge on any atom is 0.264 e. The molecular weight excluding hydrogens is 526 g/mol. The highest BCUT2D eigenvalue weighted by atomic mass is 35.5. The Bertz CT molecular complexity index is 1600. The van der Waals surface area contributed by atoms with Crippen LogP contribution in [0.4, 0.5) is 17.3 Å². The number of carbonyl (C=O) groups excluding carboxylic acids is 1. The quantitative estimate of drug-likeness (QED) is 0.304. The van der Waals surface area contributed by atoms with Gasteiger partial charge in [0, 0.05) is 23.8 Å². The highest BCUT2D eigenvalue weighted by Gasteiger charge is 2.18. The summed E-state index contributed by atoms with van der Waals surface area (Å²) in [5, 5.41) is 2.71. The molecule has 0 aliphatic heterocycles. The molecule has 13 heteroatoms. The summed E-state index contributed by atoms with van der Waals surface area (Å²) in [6.45, 7) is 0. The molecule has 3 aromatic carbocycles. The van der Waals surface area contributed by atoms with Crippen LogP contribution in [-0.2, 0) is 20.0 Å². The minimum Gasteiger partial charge on any atom is -0.322 e. The van der Waals surface area contributed by atoms with Crippen molar-refractivity contribution in [2.24, 2.45) is 0 Å². The molecule has 0 spiro atoms. The molecule has 36 heavy (non-hydrogen) atoms. The van der Waals surface area contributed by atoms with Crippen molar-refractivity contribution >= 4 is 54.9 Å². The third-order valence-corrected chi connectivity index (χ3v) is 7.80. The van der Waals surface area contributed by atoms with Gasteiger partial charge in [-0.05, 0) is 60.7 Å². The zero-order valence-corrected chi connectivity index (χ0v) is 20.7. The molecule has 0 bridgehead atoms. The maximum absolute atomic E-state index is 12.8. The summed E-state index contributed by atoms with van der Waals surface area (Å²) >= 11 is 6.17. The lowest BCUT2D eigenvalue weighted by molar-refractivity contribution is 0.102. The van der Waals surface area contributed by atoms with E-state index >= 15 is 0 Å². The van der Waals surface area contributed by atoms with Crippen LogP contribution in [0.1, 0.15) is 10.4 Å². The molecule has 184 valence electrons. The minimum atomic E-state index is -3.94. The maximum atomic E-state index is 12.8. The summed E-state index contributed by atoms with van der Waals surface area (Å²) in [4.78, 5) is 20.5. The molecule has 0 radical (unpaired) electrons. The molecule has 4 aromatic rings. The molecule has 1 amide bonds. The van der Waals surface area contributed by atoms with Crippen LogP contribution in [0.15, 0.2) is 101 Å². The molecule has 0 saturated carbocycles. The van der Waals surface area contributed by atoms with Gasteiger partial charge in [-0.1, -0.05) is 29.8 Å². The number of sulfonamides is 2. The van der Waals surface area contributed by atoms with Crippen LogP contribution >= 0.6 is 11.6 Å². The first-order valence-corrected chi connectivity index (χ1v) is 13.6. The largest absolute Gasteiger partial charge is 0.322 e. The van der Waals surface area contributed by atoms with Crippen LogP contribution in [0.3, 0.4) is 0 Å². The lowest BCUT2D eigenvalue weighted by Crippen LogP contribution is -2.16. The lowest BCUT2D eigenvalue weighted by atomic mass is 10.2. The summed E-state index contributed by atoms with van der Waals surface area (Å²) in [7, 11) is -7.80. The number of hydrogen-bond acceptors (Lipinski definition) is 7. The number of hydrogen-bond donors (Lipinski definition) is 3. The first kappa shape index (κ1) is 25.1. The zero-order valence-electron chi connectivity index (χ0n) is 18.3. The van der Waals surface area contributed by atoms with Gasteiger partial charge in [-0.2, -0.15) is 0 Å². The fraction of sp³-hybridized carbons (Fsp3) is 0. The molecule has 4 rings (SSSR count). The number of carbonyl (C=O) groups is 1. The van der Waals surface area contributed by atoms with Crippen molar-refractivity contribution in [3.8, 4) is 0 Å². The first-order chi connectivity index (χ1) is 17.1. The van der Waals surface area contributed by atoms with Crippen molar-refractivity contribution in [1.29, 1.82) is 0 Å². The van der Waals surface area contributed by atoms with Gasteiger partial charge in [0.25, 0.3) is 26.0 Å². The van der Waals surface area contributed by atoms with Gasteiger partial charge in [-0.3, -0.25) is 9.52 Å². The number of nitrogens with one attached hydrogen (secondary N) is 3. The molecular formula is C23H18ClN5O5S2. The molecule has 3 N–H and O–H groups in total. The monoisotopic (exact) mass is 543 g/mol. The van der Waals surface area contributed by atoms with Crippen LogP contribution < -0.4 is 14.8 Å². The fourth-order valence-corrected chi connectivity index (χ4v) is 5.26. The second-order valence-electron chi connectivity index (χ2n) is 7.27. The van der Waals surface area contributed by atoms with E-state index < -0.39 is 26.0 Å². The van der Waals surface area contributed by atoms with E-state index in [0.717, 1.165) is 0 Å². The summed E-state index contributed by atoms with van der Waals surface area (Å²) in [5.41, 5.74) is 0.454. The van der Waals surface area contributed by atoms with Gasteiger partial charge in [-0.15, -0.1) is 0 Å². The second kappa shape index (κ2) is 10.3. The van der Waals surface area contributed by atoms with E-state index in [1.165, 1.54) is 67.0 Å². The number of amides is 1. The van der Waals surface area contributed by atoms with Gasteiger partial charge in [0.1, 0.15) is 0 Å². The number of rotatable bonds is 8. The van der Waals surface area contributed by atoms with Crippen LogP contribution in [0, 0.1) is 0 Å². The lowest BCUT2D eigenvalue weighted by Gasteiger charge is -2.12. The van der Waals surface area contributed by atoms with Crippen molar-refractivity contribution in [2.75, 3.05) is 14.8 Å². The Morgan fingerprint density at radius 1 is 0.694 bits per heavy atom. The zero-order chi connectivity index (χ0) is 25.8. The van der Waals surface area contributed by atoms with E-state index in [4.69, 9.17) is 11.6 Å². The smallest absolute Gasteiger partial charge is 0.264 e. The Balaban J connectivity index is 1.48. The molecule has 0 aliphatic carbocycles. The molecule has 0 unspecified atom stereocenters. The average Bonchev–Trinajstić information content (AvgIpc) is 2.86. The predicted octanol–water partition coefficient (Wildman–Crippen LogP) is 3.98. The normalized spacial score (nSPS) is 11.5. The standard InChI is InChI=1S/C23H18ClN5O5S2/c24-21-12-9-17(28-35(31,32)18-5-2-1-3-6-18)15-20(21)22(30)27-16-7-10-19(11-8-16)36(33,34)29-23-25-13-4-14-26-23/h1-15,28H,(H,27,30)(H,25,26,29). The Morgan fingerprint density at radius 3 is 1.94 bits per heavy atom. The van der Waals surface area contributed by atoms with Gasteiger partial charge < -0.3 is 5.32 Å². The molecule has 1 heterocycles. The Kier molecular flexibility index (Phi) is 7.20. The van der Waals surface area contributed by atoms with Crippen molar-refractivity contribution in [3.05, 3.63) is 102 Å². The van der Waals surface area contributed by atoms with E-state index in [2.05, 4.69) is 24.7 Å². The Labute approximate surface area is 212 Å². The van der Waals surface area contributed by atoms with Gasteiger partial charge in [0.2, 0.25) is 5.95 Å². The topological polar surface area (TPSA) is 147 Å². The minimum absolute atomic E-state index is 0.0181. The van der Waals surface area contributed by atoms with Crippen molar-refractivity contribution in [1.82, 2.24) is 9.97 Å². The van der Waals surface area contributed by atoms with Gasteiger partial charge in [0.05, 0.1) is 20.4 Å².